The van der Waals surface area contributed by atoms with Gasteiger partial charge in [0.15, 0.2) is 11.2 Å². The van der Waals surface area contributed by atoms with E-state index in [9.17, 15) is 24.8 Å². The van der Waals surface area contributed by atoms with Crippen LogP contribution in [-0.4, -0.2) is 75.0 Å². The van der Waals surface area contributed by atoms with E-state index in [4.69, 9.17) is 4.98 Å². The van der Waals surface area contributed by atoms with Gasteiger partial charge in [0.2, 0.25) is 0 Å². The number of rotatable bonds is 14. The van der Waals surface area contributed by atoms with E-state index in [1.54, 1.807) is 18.2 Å². The molecule has 39 heavy (non-hydrogen) atoms. The summed E-state index contributed by atoms with van der Waals surface area (Å²) in [5.74, 6) is 1.09. The minimum atomic E-state index is -0.501. The molecule has 14 nitrogen and oxygen atoms in total. The molecule has 0 saturated heterocycles. The van der Waals surface area contributed by atoms with Crippen molar-refractivity contribution >= 4 is 16.9 Å². The highest BCUT2D eigenvalue weighted by molar-refractivity contribution is 5.71. The number of aromatic nitrogens is 7. The first-order valence-electron chi connectivity index (χ1n) is 13.0. The topological polar surface area (TPSA) is 170 Å². The minimum absolute atomic E-state index is 0.0118. The summed E-state index contributed by atoms with van der Waals surface area (Å²) in [6.07, 6.45) is 2.43. The first-order chi connectivity index (χ1) is 18.9. The summed E-state index contributed by atoms with van der Waals surface area (Å²) in [7, 11) is 0. The van der Waals surface area contributed by atoms with E-state index in [-0.39, 0.29) is 43.9 Å². The molecule has 1 aromatic carbocycles. The molecule has 4 aromatic rings. The van der Waals surface area contributed by atoms with Gasteiger partial charge in [-0.25, -0.2) is 14.8 Å². The number of aromatic amines is 1. The van der Waals surface area contributed by atoms with Crippen molar-refractivity contribution in [2.45, 2.75) is 52.7 Å². The molecule has 14 heteroatoms. The highest BCUT2D eigenvalue weighted by atomic mass is 16.6. The third-order valence-electron chi connectivity index (χ3n) is 6.73. The SMILES string of the molecule is CCCn1c(=O)c2c(nc(Cc3ncn[nH]3)n2CCN(CC)CCO)n(CCc2ccccc2[N+](=O)[O-])c1=O. The van der Waals surface area contributed by atoms with Gasteiger partial charge in [-0.1, -0.05) is 32.0 Å². The van der Waals surface area contributed by atoms with Gasteiger partial charge >= 0.3 is 5.69 Å². The highest BCUT2D eigenvalue weighted by Crippen LogP contribution is 2.20. The maximum absolute atomic E-state index is 13.7. The van der Waals surface area contributed by atoms with E-state index in [1.165, 1.54) is 21.5 Å². The molecule has 0 atom stereocenters. The number of hydrogen-bond donors (Lipinski definition) is 2. The molecule has 0 aliphatic carbocycles. The van der Waals surface area contributed by atoms with Gasteiger partial charge in [-0.2, -0.15) is 5.10 Å². The van der Waals surface area contributed by atoms with E-state index in [2.05, 4.69) is 20.1 Å². The van der Waals surface area contributed by atoms with E-state index in [0.29, 0.717) is 55.3 Å². The molecule has 208 valence electrons. The summed E-state index contributed by atoms with van der Waals surface area (Å²) in [6.45, 7) is 6.37. The average Bonchev–Trinajstić information content (AvgIpc) is 3.57. The van der Waals surface area contributed by atoms with Gasteiger partial charge in [-0.3, -0.25) is 34.0 Å². The molecule has 3 heterocycles. The number of nitrogens with one attached hydrogen (secondary N) is 1. The Morgan fingerprint density at radius 2 is 1.87 bits per heavy atom. The van der Waals surface area contributed by atoms with Crippen molar-refractivity contribution < 1.29 is 10.0 Å². The predicted octanol–water partition coefficient (Wildman–Crippen LogP) is 0.944. The number of nitro groups is 1. The molecule has 0 radical (unpaired) electrons. The maximum Gasteiger partial charge on any atom is 0.332 e. The number of nitro benzene ring substituents is 1. The van der Waals surface area contributed by atoms with Crippen molar-refractivity contribution in [3.8, 4) is 0 Å². The second-order valence-corrected chi connectivity index (χ2v) is 9.15. The number of nitrogens with zero attached hydrogens (tertiary/aromatic N) is 8. The van der Waals surface area contributed by atoms with Crippen molar-refractivity contribution in [2.75, 3.05) is 26.2 Å². The van der Waals surface area contributed by atoms with Crippen LogP contribution in [0, 0.1) is 10.1 Å². The molecule has 0 spiro atoms. The Hall–Kier alpha value is -4.17. The van der Waals surface area contributed by atoms with Gasteiger partial charge in [0.1, 0.15) is 18.0 Å². The van der Waals surface area contributed by atoms with Gasteiger partial charge < -0.3 is 9.67 Å². The third kappa shape index (κ3) is 5.96. The summed E-state index contributed by atoms with van der Waals surface area (Å²) in [6, 6.07) is 6.41. The number of H-pyrrole nitrogens is 1. The molecule has 2 N–H and O–H groups in total. The number of aliphatic hydroxyl groups is 1. The Balaban J connectivity index is 1.86. The molecule has 0 amide bonds. The fourth-order valence-corrected chi connectivity index (χ4v) is 4.74. The Bertz CT molecular complexity index is 1540. The lowest BCUT2D eigenvalue weighted by Crippen LogP contribution is -2.41. The Kier molecular flexibility index (Phi) is 8.99. The van der Waals surface area contributed by atoms with Crippen LogP contribution in [0.2, 0.25) is 0 Å². The number of hydrogen-bond acceptors (Lipinski definition) is 9. The molecular weight excluding hydrogens is 506 g/mol. The molecule has 0 saturated carbocycles. The second kappa shape index (κ2) is 12.6. The Labute approximate surface area is 223 Å². The molecule has 3 aromatic heterocycles. The van der Waals surface area contributed by atoms with Crippen LogP contribution in [0.25, 0.3) is 11.2 Å². The summed E-state index contributed by atoms with van der Waals surface area (Å²) in [5, 5.41) is 27.7. The zero-order chi connectivity index (χ0) is 27.9. The van der Waals surface area contributed by atoms with Crippen molar-refractivity contribution in [1.29, 1.82) is 0 Å². The van der Waals surface area contributed by atoms with Crippen LogP contribution in [-0.2, 0) is 32.5 Å². The number of aliphatic hydroxyl groups excluding tert-OH is 1. The van der Waals surface area contributed by atoms with E-state index in [1.807, 2.05) is 18.4 Å². The van der Waals surface area contributed by atoms with Crippen molar-refractivity contribution in [3.05, 3.63) is 78.8 Å². The molecule has 0 bridgehead atoms. The highest BCUT2D eigenvalue weighted by Gasteiger charge is 2.23. The lowest BCUT2D eigenvalue weighted by Gasteiger charge is -2.20. The van der Waals surface area contributed by atoms with Gasteiger partial charge in [-0.15, -0.1) is 0 Å². The number of benzene rings is 1. The van der Waals surface area contributed by atoms with E-state index >= 15 is 0 Å². The molecular formula is C25H33N9O5. The first-order valence-corrected chi connectivity index (χ1v) is 13.0. The lowest BCUT2D eigenvalue weighted by atomic mass is 10.1. The average molecular weight is 540 g/mol. The summed E-state index contributed by atoms with van der Waals surface area (Å²) < 4.78 is 4.46. The van der Waals surface area contributed by atoms with Crippen LogP contribution in [0.5, 0.6) is 0 Å². The number of para-hydroxylation sites is 1. The van der Waals surface area contributed by atoms with Gasteiger partial charge in [0.05, 0.1) is 18.0 Å². The van der Waals surface area contributed by atoms with E-state index < -0.39 is 16.2 Å². The zero-order valence-electron chi connectivity index (χ0n) is 22.1. The first kappa shape index (κ1) is 27.9. The maximum atomic E-state index is 13.7. The third-order valence-corrected chi connectivity index (χ3v) is 6.73. The standard InChI is InChI=1S/C25H33N9O5/c1-3-10-33-24(36)22-23(32(25(33)37)11-9-18-7-5-6-8-19(18)34(38)39)28-21(16-20-26-17-27-29-20)31(22)13-12-30(4-2)14-15-35/h5-8,17,35H,3-4,9-16H2,1-2H3,(H,26,27,29). The van der Waals surface area contributed by atoms with Crippen LogP contribution in [0.15, 0.2) is 40.2 Å². The van der Waals surface area contributed by atoms with Crippen LogP contribution < -0.4 is 11.2 Å². The van der Waals surface area contributed by atoms with Gasteiger partial charge in [0.25, 0.3) is 11.2 Å². The smallest absolute Gasteiger partial charge is 0.332 e. The number of aryl methyl sites for hydroxylation is 2. The largest absolute Gasteiger partial charge is 0.395 e. The molecule has 0 aliphatic heterocycles. The van der Waals surface area contributed by atoms with Gasteiger partial charge in [0, 0.05) is 44.4 Å². The van der Waals surface area contributed by atoms with Crippen LogP contribution in [0.4, 0.5) is 5.69 Å². The van der Waals surface area contributed by atoms with Crippen molar-refractivity contribution in [2.24, 2.45) is 0 Å². The van der Waals surface area contributed by atoms with Crippen LogP contribution in [0.3, 0.4) is 0 Å². The molecule has 0 fully saturated rings. The monoisotopic (exact) mass is 539 g/mol. The fraction of sp³-hybridized carbons (Fsp3) is 0.480. The summed E-state index contributed by atoms with van der Waals surface area (Å²) in [5.41, 5.74) is 0.0545. The summed E-state index contributed by atoms with van der Waals surface area (Å²) in [4.78, 5) is 49.3. The predicted molar refractivity (Wildman–Crippen MR) is 144 cm³/mol. The van der Waals surface area contributed by atoms with Crippen molar-refractivity contribution in [1.82, 2.24) is 38.8 Å². The van der Waals surface area contributed by atoms with Crippen LogP contribution >= 0.6 is 0 Å². The number of imidazole rings is 1. The fourth-order valence-electron chi connectivity index (χ4n) is 4.74. The minimum Gasteiger partial charge on any atom is -0.395 e. The Morgan fingerprint density at radius 3 is 2.54 bits per heavy atom. The lowest BCUT2D eigenvalue weighted by molar-refractivity contribution is -0.385. The summed E-state index contributed by atoms with van der Waals surface area (Å²) >= 11 is 0. The quantitative estimate of drug-likeness (QED) is 0.175. The molecule has 0 unspecified atom stereocenters. The Morgan fingerprint density at radius 1 is 1.08 bits per heavy atom. The van der Waals surface area contributed by atoms with E-state index in [0.717, 1.165) is 0 Å². The number of likely N-dealkylation sites (N-methyl/N-ethyl adjacent to an activating group) is 1. The number of fused-ring (bicyclic) bond motifs is 1. The molecule has 0 aliphatic rings. The van der Waals surface area contributed by atoms with Gasteiger partial charge in [-0.05, 0) is 19.4 Å². The van der Waals surface area contributed by atoms with Crippen molar-refractivity contribution in [3.63, 3.8) is 0 Å². The second-order valence-electron chi connectivity index (χ2n) is 9.15. The molecule has 4 rings (SSSR count). The zero-order valence-corrected chi connectivity index (χ0v) is 22.1. The normalized spacial score (nSPS) is 11.6. The van der Waals surface area contributed by atoms with Crippen LogP contribution in [0.1, 0.15) is 37.5 Å².